The van der Waals surface area contributed by atoms with Crippen LogP contribution in [0.1, 0.15) is 0 Å². The molecule has 0 bridgehead atoms. The molecule has 0 saturated carbocycles. The van der Waals surface area contributed by atoms with Gasteiger partial charge in [0.2, 0.25) is 0 Å². The summed E-state index contributed by atoms with van der Waals surface area (Å²) in [5.41, 5.74) is 11.0. The van der Waals surface area contributed by atoms with Crippen molar-refractivity contribution in [2.45, 2.75) is 0 Å². The Bertz CT molecular complexity index is 3180. The highest BCUT2D eigenvalue weighted by molar-refractivity contribution is 6.34. The predicted molar refractivity (Wildman–Crippen MR) is 229 cm³/mol. The number of hydrogen-bond acceptors (Lipinski definition) is 3. The molecule has 11 aromatic rings. The number of para-hydroxylation sites is 1. The summed E-state index contributed by atoms with van der Waals surface area (Å²) in [7, 11) is 0. The van der Waals surface area contributed by atoms with Gasteiger partial charge in [0, 0.05) is 32.8 Å². The van der Waals surface area contributed by atoms with Gasteiger partial charge in [-0.15, -0.1) is 0 Å². The highest BCUT2D eigenvalue weighted by atomic mass is 16.3. The molecule has 3 nitrogen and oxygen atoms in total. The number of benzene rings is 9. The summed E-state index contributed by atoms with van der Waals surface area (Å²) in [6, 6.07) is 68.5. The average molecular weight is 701 g/mol. The van der Waals surface area contributed by atoms with E-state index >= 15 is 0 Å². The minimum absolute atomic E-state index is 0.691. The molecule has 256 valence electrons. The first-order valence-corrected chi connectivity index (χ1v) is 18.7. The third-order valence-electron chi connectivity index (χ3n) is 10.8. The molecule has 55 heavy (non-hydrogen) atoms. The van der Waals surface area contributed by atoms with Crippen molar-refractivity contribution in [3.05, 3.63) is 194 Å². The van der Waals surface area contributed by atoms with Crippen LogP contribution in [0.2, 0.25) is 0 Å². The zero-order valence-corrected chi connectivity index (χ0v) is 29.8. The maximum atomic E-state index is 6.92. The first kappa shape index (κ1) is 31.2. The van der Waals surface area contributed by atoms with Crippen molar-refractivity contribution >= 4 is 54.3 Å². The van der Waals surface area contributed by atoms with Gasteiger partial charge in [-0.3, -0.25) is 0 Å². The summed E-state index contributed by atoms with van der Waals surface area (Å²) in [5, 5.41) is 9.36. The van der Waals surface area contributed by atoms with Crippen molar-refractivity contribution in [1.29, 1.82) is 0 Å². The Morgan fingerprint density at radius 1 is 0.309 bits per heavy atom. The second kappa shape index (κ2) is 12.6. The van der Waals surface area contributed by atoms with Gasteiger partial charge in [0.1, 0.15) is 11.2 Å². The lowest BCUT2D eigenvalue weighted by atomic mass is 9.88. The molecule has 0 aliphatic rings. The topological polar surface area (TPSA) is 38.9 Å². The summed E-state index contributed by atoms with van der Waals surface area (Å²) < 4.78 is 6.92. The molecule has 0 radical (unpaired) electrons. The lowest BCUT2D eigenvalue weighted by molar-refractivity contribution is 0.673. The molecule has 0 atom stereocenters. The van der Waals surface area contributed by atoms with Crippen LogP contribution < -0.4 is 0 Å². The van der Waals surface area contributed by atoms with Crippen molar-refractivity contribution in [2.24, 2.45) is 0 Å². The van der Waals surface area contributed by atoms with E-state index in [-0.39, 0.29) is 0 Å². The summed E-state index contributed by atoms with van der Waals surface area (Å²) in [6.07, 6.45) is 0. The molecule has 0 N–H and O–H groups in total. The fraction of sp³-hybridized carbons (Fsp3) is 0. The summed E-state index contributed by atoms with van der Waals surface area (Å²) >= 11 is 0. The molecule has 0 aliphatic carbocycles. The minimum atomic E-state index is 0.691. The zero-order valence-electron chi connectivity index (χ0n) is 29.8. The van der Waals surface area contributed by atoms with Crippen LogP contribution in [0.5, 0.6) is 0 Å². The molecule has 11 rings (SSSR count). The van der Waals surface area contributed by atoms with Crippen molar-refractivity contribution in [2.75, 3.05) is 0 Å². The van der Waals surface area contributed by atoms with Crippen LogP contribution in [0.4, 0.5) is 0 Å². The second-order valence-corrected chi connectivity index (χ2v) is 14.1. The maximum absolute atomic E-state index is 6.92. The van der Waals surface area contributed by atoms with Crippen LogP contribution in [-0.2, 0) is 0 Å². The van der Waals surface area contributed by atoms with Crippen molar-refractivity contribution < 1.29 is 4.42 Å². The second-order valence-electron chi connectivity index (χ2n) is 14.1. The Kier molecular flexibility index (Phi) is 7.17. The van der Waals surface area contributed by atoms with E-state index in [9.17, 15) is 0 Å². The van der Waals surface area contributed by atoms with Crippen molar-refractivity contribution in [1.82, 2.24) is 9.97 Å². The molecule has 0 spiro atoms. The fourth-order valence-electron chi connectivity index (χ4n) is 8.29. The molecule has 2 heterocycles. The number of hydrogen-bond donors (Lipinski definition) is 0. The van der Waals surface area contributed by atoms with Gasteiger partial charge in [-0.1, -0.05) is 158 Å². The van der Waals surface area contributed by atoms with Crippen LogP contribution >= 0.6 is 0 Å². The third-order valence-corrected chi connectivity index (χ3v) is 10.8. The highest BCUT2D eigenvalue weighted by Crippen LogP contribution is 2.47. The lowest BCUT2D eigenvalue weighted by Crippen LogP contribution is -1.96. The van der Waals surface area contributed by atoms with Gasteiger partial charge in [0.05, 0.1) is 11.4 Å². The summed E-state index contributed by atoms with van der Waals surface area (Å²) in [6.45, 7) is 0. The standard InChI is InChI=1S/C52H32N2O/c1-4-16-33(17-5-1)36-28-37(30-38(29-36)47-32-46(34-18-6-2-7-19-34)53-52(54-47)35-20-8-3-9-21-35)44-31-45-41-24-11-10-22-39(41)40-23-12-13-25-42(40)49(45)51-50(44)43-26-14-15-27-48(43)55-51/h1-32H. The van der Waals surface area contributed by atoms with E-state index in [0.717, 1.165) is 77.7 Å². The monoisotopic (exact) mass is 700 g/mol. The van der Waals surface area contributed by atoms with E-state index in [0.29, 0.717) is 5.82 Å². The number of aromatic nitrogens is 2. The van der Waals surface area contributed by atoms with Crippen LogP contribution in [0.25, 0.3) is 110 Å². The Labute approximate surface area is 317 Å². The first-order valence-electron chi connectivity index (χ1n) is 18.7. The van der Waals surface area contributed by atoms with Crippen LogP contribution in [0.3, 0.4) is 0 Å². The SMILES string of the molecule is c1ccc(-c2cc(-c3cc(-c4ccccc4)nc(-c4ccccc4)n3)cc(-c3cc4c5ccccc5c5ccccc5c4c4oc5ccccc5c34)c2)cc1. The van der Waals surface area contributed by atoms with E-state index < -0.39 is 0 Å². The molecule has 0 amide bonds. The normalized spacial score (nSPS) is 11.6. The van der Waals surface area contributed by atoms with Crippen LogP contribution in [0.15, 0.2) is 199 Å². The quantitative estimate of drug-likeness (QED) is 0.168. The van der Waals surface area contributed by atoms with E-state index in [1.54, 1.807) is 0 Å². The van der Waals surface area contributed by atoms with E-state index in [1.165, 1.54) is 26.9 Å². The third kappa shape index (κ3) is 5.20. The molecular formula is C52H32N2O. The van der Waals surface area contributed by atoms with E-state index in [1.807, 2.05) is 24.3 Å². The Morgan fingerprint density at radius 2 is 0.800 bits per heavy atom. The summed E-state index contributed by atoms with van der Waals surface area (Å²) in [5.74, 6) is 0.691. The minimum Gasteiger partial charge on any atom is -0.455 e. The first-order chi connectivity index (χ1) is 27.3. The fourth-order valence-corrected chi connectivity index (χ4v) is 8.29. The van der Waals surface area contributed by atoms with E-state index in [4.69, 9.17) is 14.4 Å². The zero-order chi connectivity index (χ0) is 36.3. The summed E-state index contributed by atoms with van der Waals surface area (Å²) in [4.78, 5) is 10.4. The van der Waals surface area contributed by atoms with Crippen LogP contribution in [0, 0.1) is 0 Å². The predicted octanol–water partition coefficient (Wildman–Crippen LogP) is 14.2. The number of rotatable bonds is 5. The van der Waals surface area contributed by atoms with Gasteiger partial charge in [0.25, 0.3) is 0 Å². The maximum Gasteiger partial charge on any atom is 0.160 e. The largest absolute Gasteiger partial charge is 0.455 e. The van der Waals surface area contributed by atoms with Gasteiger partial charge in [0.15, 0.2) is 5.82 Å². The number of fused-ring (bicyclic) bond motifs is 10. The Hall–Kier alpha value is -7.36. The Balaban J connectivity index is 1.26. The molecule has 3 heteroatoms. The van der Waals surface area contributed by atoms with Crippen molar-refractivity contribution in [3.63, 3.8) is 0 Å². The molecule has 0 aliphatic heterocycles. The van der Waals surface area contributed by atoms with E-state index in [2.05, 4.69) is 170 Å². The molecular weight excluding hydrogens is 669 g/mol. The molecule has 9 aromatic carbocycles. The average Bonchev–Trinajstić information content (AvgIpc) is 3.66. The number of nitrogens with zero attached hydrogens (tertiary/aromatic N) is 2. The van der Waals surface area contributed by atoms with Crippen molar-refractivity contribution in [3.8, 4) is 56.2 Å². The van der Waals surface area contributed by atoms with Crippen LogP contribution in [-0.4, -0.2) is 9.97 Å². The molecule has 2 aromatic heterocycles. The number of furan rings is 1. The Morgan fingerprint density at radius 3 is 1.49 bits per heavy atom. The smallest absolute Gasteiger partial charge is 0.160 e. The highest BCUT2D eigenvalue weighted by Gasteiger charge is 2.21. The molecule has 0 saturated heterocycles. The van der Waals surface area contributed by atoms with Gasteiger partial charge < -0.3 is 4.42 Å². The molecule has 0 unspecified atom stereocenters. The van der Waals surface area contributed by atoms with Gasteiger partial charge in [-0.2, -0.15) is 0 Å². The molecule has 0 fully saturated rings. The van der Waals surface area contributed by atoms with Gasteiger partial charge in [-0.25, -0.2) is 9.97 Å². The van der Waals surface area contributed by atoms with Gasteiger partial charge >= 0.3 is 0 Å². The lowest BCUT2D eigenvalue weighted by Gasteiger charge is -2.16. The van der Waals surface area contributed by atoms with Gasteiger partial charge in [-0.05, 0) is 85.6 Å².